The quantitative estimate of drug-likeness (QED) is 0.512. The van der Waals surface area contributed by atoms with Crippen molar-refractivity contribution in [2.75, 3.05) is 13.7 Å². The fourth-order valence-electron chi connectivity index (χ4n) is 3.88. The van der Waals surface area contributed by atoms with Crippen molar-refractivity contribution in [3.05, 3.63) is 89.1 Å². The smallest absolute Gasteiger partial charge is 0.203 e. The summed E-state index contributed by atoms with van der Waals surface area (Å²) < 4.78 is 9.67. The van der Waals surface area contributed by atoms with Gasteiger partial charge in [0.1, 0.15) is 5.82 Å². The van der Waals surface area contributed by atoms with Crippen molar-refractivity contribution in [1.29, 1.82) is 5.41 Å². The zero-order valence-electron chi connectivity index (χ0n) is 17.7. The molecule has 154 valence electrons. The summed E-state index contributed by atoms with van der Waals surface area (Å²) in [7, 11) is 1.72. The molecular weight excluding hydrogens is 374 g/mol. The highest BCUT2D eigenvalue weighted by atomic mass is 16.5. The van der Waals surface area contributed by atoms with Crippen LogP contribution in [0.3, 0.4) is 0 Å². The molecule has 2 aromatic carbocycles. The molecule has 0 fully saturated rings. The van der Waals surface area contributed by atoms with E-state index in [9.17, 15) is 0 Å². The van der Waals surface area contributed by atoms with Crippen LogP contribution in [0, 0.1) is 19.3 Å². The summed E-state index contributed by atoms with van der Waals surface area (Å²) >= 11 is 0. The first-order valence-corrected chi connectivity index (χ1v) is 10.1. The third-order valence-electron chi connectivity index (χ3n) is 5.41. The van der Waals surface area contributed by atoms with E-state index in [0.29, 0.717) is 18.8 Å². The van der Waals surface area contributed by atoms with Gasteiger partial charge in [0.15, 0.2) is 0 Å². The largest absolute Gasteiger partial charge is 0.383 e. The number of aromatic nitrogens is 4. The van der Waals surface area contributed by atoms with Gasteiger partial charge in [-0.15, -0.1) is 0 Å². The van der Waals surface area contributed by atoms with Crippen molar-refractivity contribution in [1.82, 2.24) is 19.1 Å². The Labute approximate surface area is 176 Å². The SMILES string of the molecule is COCC(Cc1ccc(C)cc1)n1c(=N)n(Cc2cnc(C)nc2)c2ccccc21. The van der Waals surface area contributed by atoms with E-state index in [-0.39, 0.29) is 6.04 Å². The van der Waals surface area contributed by atoms with Crippen LogP contribution < -0.4 is 5.62 Å². The van der Waals surface area contributed by atoms with Crippen molar-refractivity contribution in [2.45, 2.75) is 32.9 Å². The Morgan fingerprint density at radius 2 is 1.60 bits per heavy atom. The van der Waals surface area contributed by atoms with Gasteiger partial charge in [0.2, 0.25) is 5.62 Å². The van der Waals surface area contributed by atoms with Crippen LogP contribution in [0.5, 0.6) is 0 Å². The Balaban J connectivity index is 1.78. The first kappa shape index (κ1) is 20.0. The van der Waals surface area contributed by atoms with Gasteiger partial charge >= 0.3 is 0 Å². The summed E-state index contributed by atoms with van der Waals surface area (Å²) in [6.07, 6.45) is 4.46. The van der Waals surface area contributed by atoms with Crippen LogP contribution in [0.2, 0.25) is 0 Å². The number of methoxy groups -OCH3 is 1. The molecule has 1 N–H and O–H groups in total. The zero-order valence-corrected chi connectivity index (χ0v) is 17.7. The lowest BCUT2D eigenvalue weighted by atomic mass is 10.0. The topological polar surface area (TPSA) is 68.7 Å². The second-order valence-corrected chi connectivity index (χ2v) is 7.71. The molecule has 2 heterocycles. The molecule has 0 aliphatic carbocycles. The third-order valence-corrected chi connectivity index (χ3v) is 5.41. The maximum Gasteiger partial charge on any atom is 0.203 e. The van der Waals surface area contributed by atoms with Gasteiger partial charge in [-0.05, 0) is 38.0 Å². The van der Waals surface area contributed by atoms with Crippen LogP contribution in [0.1, 0.15) is 28.6 Å². The Kier molecular flexibility index (Phi) is 5.77. The molecule has 6 nitrogen and oxygen atoms in total. The fourth-order valence-corrected chi connectivity index (χ4v) is 3.88. The molecular formula is C24H27N5O. The Morgan fingerprint density at radius 1 is 0.933 bits per heavy atom. The number of ether oxygens (including phenoxy) is 1. The normalized spacial score (nSPS) is 12.4. The molecule has 4 rings (SSSR count). The van der Waals surface area contributed by atoms with Crippen LogP contribution in [0.15, 0.2) is 60.9 Å². The summed E-state index contributed by atoms with van der Waals surface area (Å²) in [5, 5.41) is 9.00. The third kappa shape index (κ3) is 4.04. The Morgan fingerprint density at radius 3 is 2.27 bits per heavy atom. The second kappa shape index (κ2) is 8.63. The first-order chi connectivity index (χ1) is 14.6. The van der Waals surface area contributed by atoms with E-state index < -0.39 is 0 Å². The molecule has 0 aliphatic rings. The summed E-state index contributed by atoms with van der Waals surface area (Å²) in [6.45, 7) is 5.05. The molecule has 0 spiro atoms. The van der Waals surface area contributed by atoms with Crippen LogP contribution in [-0.2, 0) is 17.7 Å². The van der Waals surface area contributed by atoms with E-state index in [0.717, 1.165) is 28.8 Å². The lowest BCUT2D eigenvalue weighted by Crippen LogP contribution is -2.31. The van der Waals surface area contributed by atoms with Gasteiger partial charge in [0.05, 0.1) is 30.2 Å². The highest BCUT2D eigenvalue weighted by molar-refractivity contribution is 5.76. The average molecular weight is 402 g/mol. The maximum absolute atomic E-state index is 9.00. The molecule has 4 aromatic rings. The summed E-state index contributed by atoms with van der Waals surface area (Å²) in [4.78, 5) is 8.61. The minimum atomic E-state index is 0.0191. The molecule has 0 saturated heterocycles. The van der Waals surface area contributed by atoms with E-state index in [4.69, 9.17) is 10.1 Å². The van der Waals surface area contributed by atoms with Crippen molar-refractivity contribution in [3.63, 3.8) is 0 Å². The van der Waals surface area contributed by atoms with Crippen LogP contribution >= 0.6 is 0 Å². The molecule has 0 radical (unpaired) electrons. The van der Waals surface area contributed by atoms with Gasteiger partial charge < -0.3 is 13.9 Å². The van der Waals surface area contributed by atoms with Crippen LogP contribution in [0.4, 0.5) is 0 Å². The number of fused-ring (bicyclic) bond motifs is 1. The number of benzene rings is 2. The average Bonchev–Trinajstić information content (AvgIpc) is 3.02. The van der Waals surface area contributed by atoms with Gasteiger partial charge in [-0.2, -0.15) is 0 Å². The standard InChI is InChI=1S/C24H27N5O/c1-17-8-10-19(11-9-17)12-21(16-30-3)29-23-7-5-4-6-22(23)28(24(29)25)15-20-13-26-18(2)27-14-20/h4-11,13-14,21,25H,12,15-16H2,1-3H3. The predicted molar refractivity (Wildman–Crippen MR) is 117 cm³/mol. The molecule has 1 atom stereocenters. The number of rotatable bonds is 7. The monoisotopic (exact) mass is 401 g/mol. The number of para-hydroxylation sites is 2. The van der Waals surface area contributed by atoms with Gasteiger partial charge in [-0.25, -0.2) is 9.97 Å². The molecule has 30 heavy (non-hydrogen) atoms. The first-order valence-electron chi connectivity index (χ1n) is 10.1. The van der Waals surface area contributed by atoms with Gasteiger partial charge in [-0.3, -0.25) is 5.41 Å². The van der Waals surface area contributed by atoms with Crippen LogP contribution in [0.25, 0.3) is 11.0 Å². The number of imidazole rings is 1. The number of hydrogen-bond acceptors (Lipinski definition) is 4. The molecule has 2 aromatic heterocycles. The summed E-state index contributed by atoms with van der Waals surface area (Å²) in [5.41, 5.74) is 5.96. The number of nitrogens with one attached hydrogen (secondary N) is 1. The Hall–Kier alpha value is -3.25. The van der Waals surface area contributed by atoms with Gasteiger partial charge in [0.25, 0.3) is 0 Å². The molecule has 0 aliphatic heterocycles. The molecule has 0 amide bonds. The number of aryl methyl sites for hydroxylation is 2. The van der Waals surface area contributed by atoms with E-state index >= 15 is 0 Å². The van der Waals surface area contributed by atoms with E-state index in [1.807, 2.05) is 36.0 Å². The zero-order chi connectivity index (χ0) is 21.1. The minimum Gasteiger partial charge on any atom is -0.383 e. The van der Waals surface area contributed by atoms with E-state index in [1.54, 1.807) is 7.11 Å². The summed E-state index contributed by atoms with van der Waals surface area (Å²) in [5.74, 6) is 0.746. The lowest BCUT2D eigenvalue weighted by molar-refractivity contribution is 0.154. The molecule has 0 saturated carbocycles. The lowest BCUT2D eigenvalue weighted by Gasteiger charge is -2.19. The van der Waals surface area contributed by atoms with E-state index in [1.165, 1.54) is 11.1 Å². The molecule has 6 heteroatoms. The predicted octanol–water partition coefficient (Wildman–Crippen LogP) is 3.81. The Bertz CT molecular complexity index is 1190. The number of hydrogen-bond donors (Lipinski definition) is 1. The van der Waals surface area contributed by atoms with Gasteiger partial charge in [0, 0.05) is 25.1 Å². The van der Waals surface area contributed by atoms with E-state index in [2.05, 4.69) is 57.9 Å². The summed E-state index contributed by atoms with van der Waals surface area (Å²) in [6, 6.07) is 16.8. The van der Waals surface area contributed by atoms with Crippen molar-refractivity contribution >= 4 is 11.0 Å². The highest BCUT2D eigenvalue weighted by Crippen LogP contribution is 2.22. The second-order valence-electron chi connectivity index (χ2n) is 7.71. The fraction of sp³-hybridized carbons (Fsp3) is 0.292. The maximum atomic E-state index is 9.00. The molecule has 0 bridgehead atoms. The van der Waals surface area contributed by atoms with Crippen LogP contribution in [-0.4, -0.2) is 32.8 Å². The molecule has 1 unspecified atom stereocenters. The number of nitrogens with zero attached hydrogens (tertiary/aromatic N) is 4. The van der Waals surface area contributed by atoms with Crippen molar-refractivity contribution in [2.24, 2.45) is 0 Å². The van der Waals surface area contributed by atoms with Crippen molar-refractivity contribution < 1.29 is 4.74 Å². The van der Waals surface area contributed by atoms with Gasteiger partial charge in [-0.1, -0.05) is 42.0 Å². The van der Waals surface area contributed by atoms with Crippen molar-refractivity contribution in [3.8, 4) is 0 Å². The highest BCUT2D eigenvalue weighted by Gasteiger charge is 2.19. The minimum absolute atomic E-state index is 0.0191.